The summed E-state index contributed by atoms with van der Waals surface area (Å²) in [6.45, 7) is 3.65. The molecule has 4 heteroatoms. The Balaban J connectivity index is 2.38. The SMILES string of the molecule is C=CCOC(=O)c1ccc2c(N)cccc2n1. The Kier molecular flexibility index (Phi) is 3.05. The van der Waals surface area contributed by atoms with Crippen molar-refractivity contribution in [2.24, 2.45) is 0 Å². The van der Waals surface area contributed by atoms with E-state index in [1.165, 1.54) is 6.08 Å². The van der Waals surface area contributed by atoms with Gasteiger partial charge in [0.05, 0.1) is 5.52 Å². The molecule has 0 fully saturated rings. The van der Waals surface area contributed by atoms with E-state index in [0.717, 1.165) is 5.39 Å². The van der Waals surface area contributed by atoms with Gasteiger partial charge in [0.2, 0.25) is 0 Å². The van der Waals surface area contributed by atoms with Crippen LogP contribution in [0.25, 0.3) is 10.9 Å². The van der Waals surface area contributed by atoms with Crippen molar-refractivity contribution in [3.05, 3.63) is 48.7 Å². The minimum absolute atomic E-state index is 0.176. The van der Waals surface area contributed by atoms with Crippen LogP contribution in [0.3, 0.4) is 0 Å². The van der Waals surface area contributed by atoms with Gasteiger partial charge in [-0.25, -0.2) is 9.78 Å². The van der Waals surface area contributed by atoms with E-state index in [4.69, 9.17) is 10.5 Å². The zero-order valence-electron chi connectivity index (χ0n) is 9.22. The zero-order chi connectivity index (χ0) is 12.3. The van der Waals surface area contributed by atoms with Crippen LogP contribution in [0.2, 0.25) is 0 Å². The summed E-state index contributed by atoms with van der Waals surface area (Å²) >= 11 is 0. The van der Waals surface area contributed by atoms with Gasteiger partial charge in [-0.2, -0.15) is 0 Å². The molecule has 2 N–H and O–H groups in total. The number of carbonyl (C=O) groups excluding carboxylic acids is 1. The molecule has 1 heterocycles. The van der Waals surface area contributed by atoms with E-state index in [1.807, 2.05) is 0 Å². The van der Waals surface area contributed by atoms with Crippen LogP contribution < -0.4 is 5.73 Å². The summed E-state index contributed by atoms with van der Waals surface area (Å²) in [5.74, 6) is -0.464. The summed E-state index contributed by atoms with van der Waals surface area (Å²) in [5, 5.41) is 0.827. The van der Waals surface area contributed by atoms with Gasteiger partial charge < -0.3 is 10.5 Å². The van der Waals surface area contributed by atoms with Gasteiger partial charge in [-0.3, -0.25) is 0 Å². The molecule has 0 aliphatic rings. The van der Waals surface area contributed by atoms with Crippen molar-refractivity contribution in [2.45, 2.75) is 0 Å². The van der Waals surface area contributed by atoms with E-state index in [9.17, 15) is 4.79 Å². The van der Waals surface area contributed by atoms with Crippen LogP contribution in [0, 0.1) is 0 Å². The minimum Gasteiger partial charge on any atom is -0.457 e. The number of fused-ring (bicyclic) bond motifs is 1. The highest BCUT2D eigenvalue weighted by atomic mass is 16.5. The molecule has 0 amide bonds. The van der Waals surface area contributed by atoms with Crippen LogP contribution in [0.5, 0.6) is 0 Å². The Morgan fingerprint density at radius 1 is 1.41 bits per heavy atom. The summed E-state index contributed by atoms with van der Waals surface area (Å²) in [4.78, 5) is 15.8. The number of hydrogen-bond donors (Lipinski definition) is 1. The molecule has 0 aliphatic carbocycles. The Morgan fingerprint density at radius 2 is 2.24 bits per heavy atom. The number of rotatable bonds is 3. The predicted molar refractivity (Wildman–Crippen MR) is 66.6 cm³/mol. The molecule has 0 bridgehead atoms. The van der Waals surface area contributed by atoms with Crippen molar-refractivity contribution < 1.29 is 9.53 Å². The zero-order valence-corrected chi connectivity index (χ0v) is 9.22. The van der Waals surface area contributed by atoms with Crippen molar-refractivity contribution in [3.8, 4) is 0 Å². The van der Waals surface area contributed by atoms with Crippen molar-refractivity contribution in [1.82, 2.24) is 4.98 Å². The maximum absolute atomic E-state index is 11.6. The topological polar surface area (TPSA) is 65.2 Å². The van der Waals surface area contributed by atoms with Crippen LogP contribution in [0.1, 0.15) is 10.5 Å². The normalized spacial score (nSPS) is 10.1. The maximum atomic E-state index is 11.6. The Bertz CT molecular complexity index is 579. The predicted octanol–water partition coefficient (Wildman–Crippen LogP) is 2.16. The first-order chi connectivity index (χ1) is 8.22. The molecule has 0 spiro atoms. The summed E-state index contributed by atoms with van der Waals surface area (Å²) in [7, 11) is 0. The summed E-state index contributed by atoms with van der Waals surface area (Å²) < 4.78 is 4.91. The van der Waals surface area contributed by atoms with E-state index in [0.29, 0.717) is 11.2 Å². The van der Waals surface area contributed by atoms with Crippen molar-refractivity contribution >= 4 is 22.6 Å². The van der Waals surface area contributed by atoms with Crippen molar-refractivity contribution in [2.75, 3.05) is 12.3 Å². The Labute approximate surface area is 98.7 Å². The number of carbonyl (C=O) groups is 1. The monoisotopic (exact) mass is 228 g/mol. The molecule has 17 heavy (non-hydrogen) atoms. The van der Waals surface area contributed by atoms with Crippen LogP contribution in [-0.2, 0) is 4.74 Å². The second-order valence-electron chi connectivity index (χ2n) is 3.50. The molecule has 0 aliphatic heterocycles. The number of nitrogen functional groups attached to an aromatic ring is 1. The fourth-order valence-electron chi connectivity index (χ4n) is 1.50. The number of nitrogens with two attached hydrogens (primary N) is 1. The number of aromatic nitrogens is 1. The number of anilines is 1. The highest BCUT2D eigenvalue weighted by molar-refractivity contribution is 5.95. The molecule has 1 aromatic carbocycles. The fraction of sp³-hybridized carbons (Fsp3) is 0.0769. The number of nitrogens with zero attached hydrogens (tertiary/aromatic N) is 1. The van der Waals surface area contributed by atoms with E-state index < -0.39 is 5.97 Å². The number of hydrogen-bond acceptors (Lipinski definition) is 4. The lowest BCUT2D eigenvalue weighted by molar-refractivity contribution is 0.0543. The van der Waals surface area contributed by atoms with Gasteiger partial charge in [-0.1, -0.05) is 18.7 Å². The lowest BCUT2D eigenvalue weighted by Crippen LogP contribution is -2.07. The molecule has 2 rings (SSSR count). The molecule has 0 saturated heterocycles. The highest BCUT2D eigenvalue weighted by Crippen LogP contribution is 2.19. The van der Waals surface area contributed by atoms with Crippen molar-refractivity contribution in [3.63, 3.8) is 0 Å². The molecule has 0 unspecified atom stereocenters. The van der Waals surface area contributed by atoms with E-state index in [1.54, 1.807) is 30.3 Å². The Morgan fingerprint density at radius 3 is 3.00 bits per heavy atom. The van der Waals surface area contributed by atoms with Gasteiger partial charge in [-0.05, 0) is 24.3 Å². The van der Waals surface area contributed by atoms with E-state index >= 15 is 0 Å². The van der Waals surface area contributed by atoms with Crippen molar-refractivity contribution in [1.29, 1.82) is 0 Å². The largest absolute Gasteiger partial charge is 0.457 e. The molecule has 0 atom stereocenters. The smallest absolute Gasteiger partial charge is 0.357 e. The maximum Gasteiger partial charge on any atom is 0.357 e. The van der Waals surface area contributed by atoms with Gasteiger partial charge in [0.15, 0.2) is 0 Å². The third-order valence-corrected chi connectivity index (χ3v) is 2.31. The van der Waals surface area contributed by atoms with E-state index in [2.05, 4.69) is 11.6 Å². The third kappa shape index (κ3) is 2.25. The second kappa shape index (κ2) is 4.65. The summed E-state index contributed by atoms with van der Waals surface area (Å²) in [6, 6.07) is 8.76. The molecule has 2 aromatic rings. The van der Waals surface area contributed by atoms with E-state index in [-0.39, 0.29) is 12.3 Å². The molecule has 0 saturated carbocycles. The number of esters is 1. The van der Waals surface area contributed by atoms with Gasteiger partial charge in [0, 0.05) is 11.1 Å². The summed E-state index contributed by atoms with van der Waals surface area (Å²) in [5.41, 5.74) is 7.38. The van der Waals surface area contributed by atoms with Crippen LogP contribution in [-0.4, -0.2) is 17.6 Å². The summed E-state index contributed by atoms with van der Waals surface area (Å²) in [6.07, 6.45) is 1.51. The number of pyridine rings is 1. The molecule has 1 aromatic heterocycles. The highest BCUT2D eigenvalue weighted by Gasteiger charge is 2.09. The molecule has 4 nitrogen and oxygen atoms in total. The Hall–Kier alpha value is -2.36. The van der Waals surface area contributed by atoms with Crippen LogP contribution in [0.15, 0.2) is 43.0 Å². The fourth-order valence-corrected chi connectivity index (χ4v) is 1.50. The van der Waals surface area contributed by atoms with Crippen LogP contribution >= 0.6 is 0 Å². The average molecular weight is 228 g/mol. The molecular formula is C13H12N2O2. The first-order valence-corrected chi connectivity index (χ1v) is 5.15. The van der Waals surface area contributed by atoms with Crippen LogP contribution in [0.4, 0.5) is 5.69 Å². The standard InChI is InChI=1S/C13H12N2O2/c1-2-8-17-13(16)12-7-6-9-10(14)4-3-5-11(9)15-12/h2-7H,1,8,14H2. The first kappa shape index (κ1) is 11.1. The molecular weight excluding hydrogens is 216 g/mol. The minimum atomic E-state index is -0.464. The number of benzene rings is 1. The number of ether oxygens (including phenoxy) is 1. The average Bonchev–Trinajstić information content (AvgIpc) is 2.36. The first-order valence-electron chi connectivity index (χ1n) is 5.15. The quantitative estimate of drug-likeness (QED) is 0.496. The van der Waals surface area contributed by atoms with Gasteiger partial charge in [0.25, 0.3) is 0 Å². The van der Waals surface area contributed by atoms with Gasteiger partial charge in [-0.15, -0.1) is 0 Å². The third-order valence-electron chi connectivity index (χ3n) is 2.31. The molecule has 0 radical (unpaired) electrons. The van der Waals surface area contributed by atoms with Gasteiger partial charge in [0.1, 0.15) is 12.3 Å². The van der Waals surface area contributed by atoms with Gasteiger partial charge >= 0.3 is 5.97 Å². The lowest BCUT2D eigenvalue weighted by Gasteiger charge is -2.04. The second-order valence-corrected chi connectivity index (χ2v) is 3.50. The lowest BCUT2D eigenvalue weighted by atomic mass is 10.1. The molecule has 86 valence electrons.